The Labute approximate surface area is 155 Å². The van der Waals surface area contributed by atoms with Crippen molar-refractivity contribution in [2.75, 3.05) is 13.7 Å². The molecular formula is C19H20N2O4S. The first-order chi connectivity index (χ1) is 12.6. The van der Waals surface area contributed by atoms with Crippen LogP contribution in [0.1, 0.15) is 26.3 Å². The number of aromatic nitrogens is 2. The molecule has 3 aromatic rings. The molecule has 7 heteroatoms. The second-order valence-electron chi connectivity index (χ2n) is 5.69. The van der Waals surface area contributed by atoms with Crippen molar-refractivity contribution in [2.45, 2.75) is 26.3 Å². The summed E-state index contributed by atoms with van der Waals surface area (Å²) >= 11 is 1.41. The van der Waals surface area contributed by atoms with Crippen LogP contribution in [0.15, 0.2) is 40.8 Å². The molecule has 0 saturated carbocycles. The zero-order chi connectivity index (χ0) is 18.7. The molecule has 0 amide bonds. The predicted molar refractivity (Wildman–Crippen MR) is 102 cm³/mol. The van der Waals surface area contributed by atoms with Crippen LogP contribution >= 0.6 is 11.3 Å². The SMILES string of the molecule is CCOC(=O)C(CC)n1cnc2scc(-c3ccc(OC)cc3)c2c1=O. The van der Waals surface area contributed by atoms with Gasteiger partial charge in [-0.15, -0.1) is 11.3 Å². The number of methoxy groups -OCH3 is 1. The lowest BCUT2D eigenvalue weighted by Crippen LogP contribution is -2.31. The quantitative estimate of drug-likeness (QED) is 0.618. The number of benzene rings is 1. The highest BCUT2D eigenvalue weighted by atomic mass is 32.1. The summed E-state index contributed by atoms with van der Waals surface area (Å²) in [5.41, 5.74) is 1.47. The number of carbonyl (C=O) groups is 1. The molecule has 136 valence electrons. The molecule has 0 bridgehead atoms. The number of nitrogens with zero attached hydrogens (tertiary/aromatic N) is 2. The van der Waals surface area contributed by atoms with Crippen LogP contribution in [-0.2, 0) is 9.53 Å². The van der Waals surface area contributed by atoms with Crippen molar-refractivity contribution in [3.8, 4) is 16.9 Å². The zero-order valence-electron chi connectivity index (χ0n) is 14.9. The van der Waals surface area contributed by atoms with Gasteiger partial charge in [0.15, 0.2) is 0 Å². The van der Waals surface area contributed by atoms with Crippen molar-refractivity contribution in [1.82, 2.24) is 9.55 Å². The molecule has 6 nitrogen and oxygen atoms in total. The second-order valence-corrected chi connectivity index (χ2v) is 6.55. The van der Waals surface area contributed by atoms with E-state index in [0.717, 1.165) is 16.9 Å². The van der Waals surface area contributed by atoms with Gasteiger partial charge in [0.2, 0.25) is 0 Å². The van der Waals surface area contributed by atoms with Crippen LogP contribution in [0.5, 0.6) is 5.75 Å². The summed E-state index contributed by atoms with van der Waals surface area (Å²) in [5.74, 6) is 0.330. The van der Waals surface area contributed by atoms with Crippen LogP contribution < -0.4 is 10.3 Å². The van der Waals surface area contributed by atoms with Gasteiger partial charge in [-0.3, -0.25) is 9.36 Å². The molecule has 1 aromatic carbocycles. The van der Waals surface area contributed by atoms with Crippen LogP contribution in [0.25, 0.3) is 21.3 Å². The Balaban J connectivity index is 2.13. The summed E-state index contributed by atoms with van der Waals surface area (Å²) in [6.07, 6.45) is 1.89. The molecule has 0 aliphatic rings. The van der Waals surface area contributed by atoms with E-state index in [1.54, 1.807) is 14.0 Å². The van der Waals surface area contributed by atoms with Crippen LogP contribution in [0.4, 0.5) is 0 Å². The van der Waals surface area contributed by atoms with Gasteiger partial charge in [-0.1, -0.05) is 19.1 Å². The van der Waals surface area contributed by atoms with Gasteiger partial charge in [-0.25, -0.2) is 9.78 Å². The van der Waals surface area contributed by atoms with E-state index in [4.69, 9.17) is 9.47 Å². The van der Waals surface area contributed by atoms with Crippen molar-refractivity contribution in [2.24, 2.45) is 0 Å². The van der Waals surface area contributed by atoms with Crippen LogP contribution in [0.3, 0.4) is 0 Å². The molecular weight excluding hydrogens is 352 g/mol. The van der Waals surface area contributed by atoms with Gasteiger partial charge >= 0.3 is 5.97 Å². The third kappa shape index (κ3) is 3.22. The summed E-state index contributed by atoms with van der Waals surface area (Å²) in [4.78, 5) is 30.3. The monoisotopic (exact) mass is 372 g/mol. The van der Waals surface area contributed by atoms with Gasteiger partial charge in [0.1, 0.15) is 16.6 Å². The van der Waals surface area contributed by atoms with Crippen molar-refractivity contribution < 1.29 is 14.3 Å². The largest absolute Gasteiger partial charge is 0.497 e. The molecule has 0 N–H and O–H groups in total. The van der Waals surface area contributed by atoms with Crippen molar-refractivity contribution in [3.05, 3.63) is 46.3 Å². The number of hydrogen-bond donors (Lipinski definition) is 0. The molecule has 2 heterocycles. The highest BCUT2D eigenvalue weighted by molar-refractivity contribution is 7.17. The third-order valence-electron chi connectivity index (χ3n) is 4.20. The van der Waals surface area contributed by atoms with E-state index in [2.05, 4.69) is 4.98 Å². The average molecular weight is 372 g/mol. The number of hydrogen-bond acceptors (Lipinski definition) is 6. The normalized spacial score (nSPS) is 12.1. The smallest absolute Gasteiger partial charge is 0.329 e. The van der Waals surface area contributed by atoms with Gasteiger partial charge in [-0.05, 0) is 31.0 Å². The number of thiophene rings is 1. The van der Waals surface area contributed by atoms with Crippen LogP contribution in [0.2, 0.25) is 0 Å². The van der Waals surface area contributed by atoms with Crippen molar-refractivity contribution in [3.63, 3.8) is 0 Å². The fourth-order valence-electron chi connectivity index (χ4n) is 2.87. The standard InChI is InChI=1S/C19H20N2O4S/c1-4-15(19(23)25-5-2)21-11-20-17-16(18(21)22)14(10-26-17)12-6-8-13(24-3)9-7-12/h6-11,15H,4-5H2,1-3H3. The summed E-state index contributed by atoms with van der Waals surface area (Å²) in [6, 6.07) is 6.82. The summed E-state index contributed by atoms with van der Waals surface area (Å²) < 4.78 is 11.7. The first kappa shape index (κ1) is 18.1. The Morgan fingerprint density at radius 2 is 2.00 bits per heavy atom. The third-order valence-corrected chi connectivity index (χ3v) is 5.09. The van der Waals surface area contributed by atoms with Gasteiger partial charge in [-0.2, -0.15) is 0 Å². The minimum Gasteiger partial charge on any atom is -0.497 e. The van der Waals surface area contributed by atoms with E-state index in [1.165, 1.54) is 22.2 Å². The summed E-state index contributed by atoms with van der Waals surface area (Å²) in [5, 5.41) is 2.43. The number of fused-ring (bicyclic) bond motifs is 1. The minimum atomic E-state index is -0.678. The molecule has 0 aliphatic carbocycles. The van der Waals surface area contributed by atoms with Crippen LogP contribution in [0, 0.1) is 0 Å². The maximum atomic E-state index is 13.1. The highest BCUT2D eigenvalue weighted by Crippen LogP contribution is 2.32. The lowest BCUT2D eigenvalue weighted by Gasteiger charge is -2.16. The zero-order valence-corrected chi connectivity index (χ0v) is 15.7. The molecule has 26 heavy (non-hydrogen) atoms. The highest BCUT2D eigenvalue weighted by Gasteiger charge is 2.23. The number of rotatable bonds is 6. The van der Waals surface area contributed by atoms with Gasteiger partial charge in [0, 0.05) is 10.9 Å². The van der Waals surface area contributed by atoms with E-state index in [0.29, 0.717) is 16.6 Å². The van der Waals surface area contributed by atoms with Crippen molar-refractivity contribution in [1.29, 1.82) is 0 Å². The summed E-state index contributed by atoms with van der Waals surface area (Å²) in [6.45, 7) is 3.86. The number of carbonyl (C=O) groups excluding carboxylic acids is 1. The minimum absolute atomic E-state index is 0.234. The molecule has 1 atom stereocenters. The molecule has 0 spiro atoms. The maximum Gasteiger partial charge on any atom is 0.329 e. The first-order valence-electron chi connectivity index (χ1n) is 8.40. The van der Waals surface area contributed by atoms with Gasteiger partial charge in [0.25, 0.3) is 5.56 Å². The lowest BCUT2D eigenvalue weighted by atomic mass is 10.1. The number of esters is 1. The summed E-state index contributed by atoms with van der Waals surface area (Å²) in [7, 11) is 1.61. The molecule has 0 aliphatic heterocycles. The van der Waals surface area contributed by atoms with E-state index in [1.807, 2.05) is 36.6 Å². The maximum absolute atomic E-state index is 13.1. The number of ether oxygens (including phenoxy) is 2. The molecule has 1 unspecified atom stereocenters. The molecule has 0 saturated heterocycles. The second kappa shape index (κ2) is 7.70. The lowest BCUT2D eigenvalue weighted by molar-refractivity contribution is -0.147. The molecule has 0 radical (unpaired) electrons. The van der Waals surface area contributed by atoms with E-state index < -0.39 is 12.0 Å². The van der Waals surface area contributed by atoms with Gasteiger partial charge < -0.3 is 9.47 Å². The van der Waals surface area contributed by atoms with Gasteiger partial charge in [0.05, 0.1) is 25.4 Å². The van der Waals surface area contributed by atoms with E-state index in [9.17, 15) is 9.59 Å². The Kier molecular flexibility index (Phi) is 5.37. The predicted octanol–water partition coefficient (Wildman–Crippen LogP) is 3.65. The molecule has 0 fully saturated rings. The molecule has 3 rings (SSSR count). The Morgan fingerprint density at radius 3 is 2.62 bits per heavy atom. The molecule has 2 aromatic heterocycles. The Hall–Kier alpha value is -2.67. The Morgan fingerprint density at radius 1 is 1.27 bits per heavy atom. The fraction of sp³-hybridized carbons (Fsp3) is 0.316. The Bertz CT molecular complexity index is 975. The van der Waals surface area contributed by atoms with Crippen molar-refractivity contribution >= 4 is 27.5 Å². The average Bonchev–Trinajstić information content (AvgIpc) is 3.09. The van der Waals surface area contributed by atoms with Crippen LogP contribution in [-0.4, -0.2) is 29.2 Å². The van der Waals surface area contributed by atoms with E-state index >= 15 is 0 Å². The van der Waals surface area contributed by atoms with E-state index in [-0.39, 0.29) is 12.2 Å². The topological polar surface area (TPSA) is 70.4 Å². The first-order valence-corrected chi connectivity index (χ1v) is 9.28. The fourth-order valence-corrected chi connectivity index (χ4v) is 3.77.